The molecule has 3 aromatic rings. The number of hydrogen-bond donors (Lipinski definition) is 1. The minimum atomic E-state index is -4.58. The van der Waals surface area contributed by atoms with Crippen LogP contribution in [0.2, 0.25) is 0 Å². The summed E-state index contributed by atoms with van der Waals surface area (Å²) in [5.74, 6) is -0.518. The summed E-state index contributed by atoms with van der Waals surface area (Å²) >= 11 is 0. The van der Waals surface area contributed by atoms with Crippen molar-refractivity contribution in [2.24, 2.45) is 7.05 Å². The molecular formula is C16H15F3N6O. The van der Waals surface area contributed by atoms with Crippen LogP contribution < -0.4 is 5.32 Å². The van der Waals surface area contributed by atoms with E-state index in [1.165, 1.54) is 6.07 Å². The summed E-state index contributed by atoms with van der Waals surface area (Å²) in [6.07, 6.45) is -1.34. The van der Waals surface area contributed by atoms with Crippen LogP contribution in [-0.2, 0) is 19.8 Å². The second kappa shape index (κ2) is 5.82. The number of fused-ring (bicyclic) bond motifs is 1. The van der Waals surface area contributed by atoms with Gasteiger partial charge in [-0.2, -0.15) is 23.4 Å². The molecule has 0 radical (unpaired) electrons. The normalized spacial score (nSPS) is 14.8. The van der Waals surface area contributed by atoms with Gasteiger partial charge in [-0.25, -0.2) is 9.50 Å². The van der Waals surface area contributed by atoms with Crippen LogP contribution in [0.25, 0.3) is 5.65 Å². The van der Waals surface area contributed by atoms with Crippen molar-refractivity contribution < 1.29 is 18.0 Å². The zero-order valence-electron chi connectivity index (χ0n) is 13.8. The van der Waals surface area contributed by atoms with E-state index in [2.05, 4.69) is 20.5 Å². The quantitative estimate of drug-likeness (QED) is 0.771. The number of halogens is 3. The predicted octanol–water partition coefficient (Wildman–Crippen LogP) is 2.29. The Hall–Kier alpha value is -2.91. The lowest BCUT2D eigenvalue weighted by molar-refractivity contribution is -0.142. The lowest BCUT2D eigenvalue weighted by atomic mass is 10.2. The molecule has 0 bridgehead atoms. The van der Waals surface area contributed by atoms with Gasteiger partial charge in [0.25, 0.3) is 5.91 Å². The number of carbonyl (C=O) groups is 1. The Morgan fingerprint density at radius 3 is 2.73 bits per heavy atom. The molecule has 136 valence electrons. The lowest BCUT2D eigenvalue weighted by Crippen LogP contribution is -2.24. The summed E-state index contributed by atoms with van der Waals surface area (Å²) in [5.41, 5.74) is 0.138. The summed E-state index contributed by atoms with van der Waals surface area (Å²) in [7, 11) is 1.73. The molecule has 0 aliphatic heterocycles. The van der Waals surface area contributed by atoms with E-state index in [4.69, 9.17) is 0 Å². The highest BCUT2D eigenvalue weighted by atomic mass is 19.4. The number of carbonyl (C=O) groups excluding carboxylic acids is 1. The van der Waals surface area contributed by atoms with Crippen LogP contribution in [-0.4, -0.2) is 30.3 Å². The van der Waals surface area contributed by atoms with Gasteiger partial charge in [-0.15, -0.1) is 0 Å². The first kappa shape index (κ1) is 16.6. The number of nitrogens with one attached hydrogen (secondary N) is 1. The first-order chi connectivity index (χ1) is 12.3. The number of hydrogen-bond acceptors (Lipinski definition) is 4. The molecule has 1 fully saturated rings. The minimum absolute atomic E-state index is 0.0207. The van der Waals surface area contributed by atoms with E-state index in [1.54, 1.807) is 24.0 Å². The molecule has 1 aliphatic carbocycles. The molecule has 3 aromatic heterocycles. The molecule has 0 aromatic carbocycles. The third-order valence-electron chi connectivity index (χ3n) is 4.32. The first-order valence-electron chi connectivity index (χ1n) is 8.06. The Labute approximate surface area is 145 Å². The monoisotopic (exact) mass is 364 g/mol. The van der Waals surface area contributed by atoms with Crippen molar-refractivity contribution in [2.75, 3.05) is 0 Å². The Kier molecular flexibility index (Phi) is 3.70. The lowest BCUT2D eigenvalue weighted by Gasteiger charge is -2.10. The molecule has 4 rings (SSSR count). The Morgan fingerprint density at radius 2 is 2.12 bits per heavy atom. The summed E-state index contributed by atoms with van der Waals surface area (Å²) in [5, 5.41) is 10.4. The summed E-state index contributed by atoms with van der Waals surface area (Å²) in [6.45, 7) is 0.191. The minimum Gasteiger partial charge on any atom is -0.345 e. The highest BCUT2D eigenvalue weighted by Crippen LogP contribution is 2.41. The molecule has 0 atom stereocenters. The highest BCUT2D eigenvalue weighted by molar-refractivity contribution is 5.93. The van der Waals surface area contributed by atoms with E-state index >= 15 is 0 Å². The number of aromatic nitrogens is 5. The Balaban J connectivity index is 1.66. The van der Waals surface area contributed by atoms with Crippen LogP contribution in [0.4, 0.5) is 13.2 Å². The summed E-state index contributed by atoms with van der Waals surface area (Å²) in [6, 6.07) is 4.03. The maximum absolute atomic E-state index is 13.4. The SMILES string of the molecule is Cn1nccc1CNC(=O)c1cc2nc(C3CC3)cc(C(F)(F)F)n2n1. The van der Waals surface area contributed by atoms with E-state index in [9.17, 15) is 18.0 Å². The van der Waals surface area contributed by atoms with Gasteiger partial charge in [0.1, 0.15) is 5.69 Å². The van der Waals surface area contributed by atoms with Crippen molar-refractivity contribution in [1.29, 1.82) is 0 Å². The smallest absolute Gasteiger partial charge is 0.345 e. The van der Waals surface area contributed by atoms with Gasteiger partial charge in [-0.1, -0.05) is 0 Å². The average Bonchev–Trinajstić information content (AvgIpc) is 3.21. The van der Waals surface area contributed by atoms with Gasteiger partial charge in [0.15, 0.2) is 11.3 Å². The Bertz CT molecular complexity index is 986. The van der Waals surface area contributed by atoms with E-state index in [-0.39, 0.29) is 23.8 Å². The second-order valence-electron chi connectivity index (χ2n) is 6.27. The number of alkyl halides is 3. The van der Waals surface area contributed by atoms with E-state index < -0.39 is 17.8 Å². The number of nitrogens with zero attached hydrogens (tertiary/aromatic N) is 5. The molecule has 0 unspecified atom stereocenters. The predicted molar refractivity (Wildman–Crippen MR) is 84.3 cm³/mol. The third kappa shape index (κ3) is 3.02. The second-order valence-corrected chi connectivity index (χ2v) is 6.27. The van der Waals surface area contributed by atoms with Gasteiger partial charge >= 0.3 is 6.18 Å². The van der Waals surface area contributed by atoms with Crippen LogP contribution in [0.1, 0.15) is 46.3 Å². The number of rotatable bonds is 4. The first-order valence-corrected chi connectivity index (χ1v) is 8.06. The molecule has 1 N–H and O–H groups in total. The van der Waals surface area contributed by atoms with Crippen molar-refractivity contribution in [3.05, 3.63) is 47.2 Å². The summed E-state index contributed by atoms with van der Waals surface area (Å²) in [4.78, 5) is 16.5. The van der Waals surface area contributed by atoms with Crippen LogP contribution in [0, 0.1) is 0 Å². The zero-order valence-corrected chi connectivity index (χ0v) is 13.8. The van der Waals surface area contributed by atoms with Gasteiger partial charge in [-0.3, -0.25) is 9.48 Å². The zero-order chi connectivity index (χ0) is 18.5. The van der Waals surface area contributed by atoms with Crippen molar-refractivity contribution in [2.45, 2.75) is 31.5 Å². The third-order valence-corrected chi connectivity index (χ3v) is 4.32. The molecule has 0 spiro atoms. The fraction of sp³-hybridized carbons (Fsp3) is 0.375. The van der Waals surface area contributed by atoms with Crippen LogP contribution in [0.15, 0.2) is 24.4 Å². The highest BCUT2D eigenvalue weighted by Gasteiger charge is 2.37. The topological polar surface area (TPSA) is 77.1 Å². The summed E-state index contributed by atoms with van der Waals surface area (Å²) < 4.78 is 42.4. The molecule has 1 saturated carbocycles. The number of amides is 1. The van der Waals surface area contributed by atoms with E-state index in [0.29, 0.717) is 10.2 Å². The van der Waals surface area contributed by atoms with Crippen molar-refractivity contribution in [3.63, 3.8) is 0 Å². The van der Waals surface area contributed by atoms with Crippen molar-refractivity contribution >= 4 is 11.6 Å². The van der Waals surface area contributed by atoms with Crippen molar-refractivity contribution in [3.8, 4) is 0 Å². The number of aryl methyl sites for hydroxylation is 1. The molecule has 0 saturated heterocycles. The van der Waals surface area contributed by atoms with Crippen molar-refractivity contribution in [1.82, 2.24) is 29.7 Å². The van der Waals surface area contributed by atoms with Gasteiger partial charge < -0.3 is 5.32 Å². The molecular weight excluding hydrogens is 349 g/mol. The standard InChI is InChI=1S/C16H15F3N6O/c1-24-10(4-5-21-24)8-20-15(26)12-7-14-22-11(9-2-3-9)6-13(16(17,18)19)25(14)23-12/h4-7,9H,2-3,8H2,1H3,(H,20,26). The maximum atomic E-state index is 13.4. The van der Waals surface area contributed by atoms with E-state index in [0.717, 1.165) is 24.6 Å². The Morgan fingerprint density at radius 1 is 1.35 bits per heavy atom. The van der Waals surface area contributed by atoms with Crippen LogP contribution >= 0.6 is 0 Å². The largest absolute Gasteiger partial charge is 0.433 e. The average molecular weight is 364 g/mol. The van der Waals surface area contributed by atoms with Gasteiger partial charge in [0.2, 0.25) is 0 Å². The van der Waals surface area contributed by atoms with Gasteiger partial charge in [0, 0.05) is 30.9 Å². The van der Waals surface area contributed by atoms with E-state index in [1.807, 2.05) is 0 Å². The molecule has 3 heterocycles. The maximum Gasteiger partial charge on any atom is 0.433 e. The van der Waals surface area contributed by atoms with Gasteiger partial charge in [0.05, 0.1) is 12.2 Å². The molecule has 26 heavy (non-hydrogen) atoms. The van der Waals surface area contributed by atoms with Crippen LogP contribution in [0.5, 0.6) is 0 Å². The molecule has 7 nitrogen and oxygen atoms in total. The van der Waals surface area contributed by atoms with Gasteiger partial charge in [-0.05, 0) is 25.0 Å². The fourth-order valence-electron chi connectivity index (χ4n) is 2.73. The molecule has 1 amide bonds. The molecule has 10 heteroatoms. The fourth-order valence-corrected chi connectivity index (χ4v) is 2.73. The van der Waals surface area contributed by atoms with Crippen LogP contribution in [0.3, 0.4) is 0 Å². The molecule has 1 aliphatic rings.